The predicted molar refractivity (Wildman–Crippen MR) is 95.7 cm³/mol. The molecule has 140 valence electrons. The van der Waals surface area contributed by atoms with Gasteiger partial charge in [-0.25, -0.2) is 4.90 Å². The van der Waals surface area contributed by atoms with Crippen molar-refractivity contribution in [1.82, 2.24) is 9.80 Å². The van der Waals surface area contributed by atoms with Crippen LogP contribution in [0.5, 0.6) is 5.75 Å². The van der Waals surface area contributed by atoms with Crippen LogP contribution in [0.15, 0.2) is 24.3 Å². The molecule has 0 radical (unpaired) electrons. The van der Waals surface area contributed by atoms with Crippen molar-refractivity contribution in [2.24, 2.45) is 5.73 Å². The molecule has 2 aliphatic heterocycles. The van der Waals surface area contributed by atoms with Crippen LogP contribution in [0.2, 0.25) is 0 Å². The summed E-state index contributed by atoms with van der Waals surface area (Å²) in [5.41, 5.74) is 5.79. The molecule has 8 nitrogen and oxygen atoms in total. The van der Waals surface area contributed by atoms with E-state index in [9.17, 15) is 14.4 Å². The lowest BCUT2D eigenvalue weighted by Gasteiger charge is -2.36. The molecule has 1 aromatic rings. The number of hydrogen-bond donors (Lipinski definition) is 1. The number of carbonyl (C=O) groups is 3. The zero-order valence-corrected chi connectivity index (χ0v) is 14.9. The Kier molecular flexibility index (Phi) is 5.53. The summed E-state index contributed by atoms with van der Waals surface area (Å²) in [5.74, 6) is -0.0315. The number of nitrogens with zero attached hydrogens (tertiary/aromatic N) is 3. The van der Waals surface area contributed by atoms with Crippen LogP contribution in [-0.2, 0) is 14.4 Å². The second kappa shape index (κ2) is 7.84. The van der Waals surface area contributed by atoms with E-state index in [0.29, 0.717) is 44.2 Å². The highest BCUT2D eigenvalue weighted by Crippen LogP contribution is 2.27. The topological polar surface area (TPSA) is 96.2 Å². The Balaban J connectivity index is 1.65. The molecule has 2 heterocycles. The van der Waals surface area contributed by atoms with Gasteiger partial charge in [-0.15, -0.1) is 0 Å². The van der Waals surface area contributed by atoms with Gasteiger partial charge in [-0.2, -0.15) is 0 Å². The molecule has 2 fully saturated rings. The molecule has 0 bridgehead atoms. The highest BCUT2D eigenvalue weighted by atomic mass is 16.5. The van der Waals surface area contributed by atoms with Gasteiger partial charge in [-0.05, 0) is 31.2 Å². The molecule has 0 aliphatic carbocycles. The minimum atomic E-state index is -0.440. The monoisotopic (exact) mass is 360 g/mol. The largest absolute Gasteiger partial charge is 0.494 e. The zero-order chi connectivity index (χ0) is 18.7. The minimum absolute atomic E-state index is 0.182. The van der Waals surface area contributed by atoms with E-state index in [0.717, 1.165) is 0 Å². The Morgan fingerprint density at radius 1 is 1.15 bits per heavy atom. The summed E-state index contributed by atoms with van der Waals surface area (Å²) in [6.45, 7) is 5.26. The number of piperazine rings is 1. The molecule has 8 heteroatoms. The Morgan fingerprint density at radius 2 is 1.81 bits per heavy atom. The maximum atomic E-state index is 12.8. The Hall–Kier alpha value is -2.45. The molecule has 0 spiro atoms. The fourth-order valence-corrected chi connectivity index (χ4v) is 3.48. The molecule has 26 heavy (non-hydrogen) atoms. The van der Waals surface area contributed by atoms with Crippen LogP contribution in [-0.4, -0.2) is 72.9 Å². The van der Waals surface area contributed by atoms with Crippen molar-refractivity contribution in [3.05, 3.63) is 24.3 Å². The molecule has 1 atom stereocenters. The van der Waals surface area contributed by atoms with Crippen molar-refractivity contribution in [3.63, 3.8) is 0 Å². The van der Waals surface area contributed by atoms with Crippen LogP contribution in [0.25, 0.3) is 0 Å². The van der Waals surface area contributed by atoms with Gasteiger partial charge in [0.15, 0.2) is 0 Å². The number of nitrogens with two attached hydrogens (primary N) is 1. The van der Waals surface area contributed by atoms with Crippen molar-refractivity contribution in [2.45, 2.75) is 19.4 Å². The number of benzene rings is 1. The maximum absolute atomic E-state index is 12.8. The fraction of sp³-hybridized carbons (Fsp3) is 0.500. The third-order valence-corrected chi connectivity index (χ3v) is 4.76. The van der Waals surface area contributed by atoms with E-state index in [1.807, 2.05) is 16.7 Å². The first kappa shape index (κ1) is 18.3. The second-order valence-corrected chi connectivity index (χ2v) is 6.49. The molecule has 0 aromatic heterocycles. The van der Waals surface area contributed by atoms with Crippen molar-refractivity contribution < 1.29 is 19.1 Å². The average molecular weight is 360 g/mol. The first-order valence-corrected chi connectivity index (χ1v) is 8.84. The Morgan fingerprint density at radius 3 is 2.38 bits per heavy atom. The number of carbonyl (C=O) groups excluding carboxylic acids is 3. The summed E-state index contributed by atoms with van der Waals surface area (Å²) in [4.78, 5) is 41.5. The van der Waals surface area contributed by atoms with Crippen LogP contribution >= 0.6 is 0 Å². The normalized spacial score (nSPS) is 22.0. The van der Waals surface area contributed by atoms with Gasteiger partial charge >= 0.3 is 0 Å². The van der Waals surface area contributed by atoms with E-state index in [4.69, 9.17) is 10.5 Å². The molecular weight excluding hydrogens is 336 g/mol. The highest BCUT2D eigenvalue weighted by Gasteiger charge is 2.43. The first-order valence-electron chi connectivity index (χ1n) is 8.84. The third kappa shape index (κ3) is 3.86. The summed E-state index contributed by atoms with van der Waals surface area (Å²) in [5, 5.41) is 0. The molecule has 1 unspecified atom stereocenters. The van der Waals surface area contributed by atoms with Crippen LogP contribution in [0.1, 0.15) is 13.3 Å². The van der Waals surface area contributed by atoms with Gasteiger partial charge < -0.3 is 10.5 Å². The van der Waals surface area contributed by atoms with Gasteiger partial charge in [-0.1, -0.05) is 0 Å². The molecule has 2 N–H and O–H groups in total. The molecule has 2 saturated heterocycles. The van der Waals surface area contributed by atoms with Gasteiger partial charge in [0.25, 0.3) is 5.91 Å². The van der Waals surface area contributed by atoms with Gasteiger partial charge in [-0.3, -0.25) is 24.2 Å². The fourth-order valence-electron chi connectivity index (χ4n) is 3.48. The number of rotatable bonds is 6. The third-order valence-electron chi connectivity index (χ3n) is 4.76. The zero-order valence-electron chi connectivity index (χ0n) is 14.9. The van der Waals surface area contributed by atoms with E-state index < -0.39 is 6.04 Å². The van der Waals surface area contributed by atoms with Crippen molar-refractivity contribution in [1.29, 1.82) is 0 Å². The van der Waals surface area contributed by atoms with E-state index in [1.54, 1.807) is 24.3 Å². The molecule has 3 rings (SSSR count). The lowest BCUT2D eigenvalue weighted by atomic mass is 10.1. The minimum Gasteiger partial charge on any atom is -0.494 e. The number of primary amides is 1. The lowest BCUT2D eigenvalue weighted by Crippen LogP contribution is -2.53. The number of imide groups is 1. The predicted octanol–water partition coefficient (Wildman–Crippen LogP) is -0.180. The van der Waals surface area contributed by atoms with Gasteiger partial charge in [0.2, 0.25) is 11.8 Å². The van der Waals surface area contributed by atoms with Crippen LogP contribution in [0.4, 0.5) is 5.69 Å². The van der Waals surface area contributed by atoms with Crippen molar-refractivity contribution >= 4 is 23.4 Å². The smallest absolute Gasteiger partial charge is 0.251 e. The Bertz CT molecular complexity index is 683. The van der Waals surface area contributed by atoms with Crippen molar-refractivity contribution in [3.8, 4) is 5.75 Å². The Labute approximate surface area is 152 Å². The summed E-state index contributed by atoms with van der Waals surface area (Å²) < 4.78 is 5.40. The van der Waals surface area contributed by atoms with Gasteiger partial charge in [0, 0.05) is 26.2 Å². The first-order chi connectivity index (χ1) is 12.5. The van der Waals surface area contributed by atoms with E-state index >= 15 is 0 Å². The summed E-state index contributed by atoms with van der Waals surface area (Å²) in [7, 11) is 0. The SMILES string of the molecule is CCOc1ccc(N2C(=O)CC(N3CCN(CC(N)=O)CC3)C2=O)cc1. The van der Waals surface area contributed by atoms with Gasteiger partial charge in [0.1, 0.15) is 5.75 Å². The summed E-state index contributed by atoms with van der Waals surface area (Å²) in [6, 6.07) is 6.54. The number of ether oxygens (including phenoxy) is 1. The standard InChI is InChI=1S/C18H24N4O4/c1-2-26-14-5-3-13(4-6-14)22-17(24)11-15(18(22)25)21-9-7-20(8-10-21)12-16(19)23/h3-6,15H,2,7-12H2,1H3,(H2,19,23). The average Bonchev–Trinajstić information content (AvgIpc) is 2.91. The van der Waals surface area contributed by atoms with Crippen LogP contribution in [0.3, 0.4) is 0 Å². The quantitative estimate of drug-likeness (QED) is 0.707. The number of anilines is 1. The number of amides is 3. The molecular formula is C18H24N4O4. The molecule has 2 aliphatic rings. The van der Waals surface area contributed by atoms with Crippen LogP contribution in [0, 0.1) is 0 Å². The van der Waals surface area contributed by atoms with E-state index in [-0.39, 0.29) is 30.7 Å². The second-order valence-electron chi connectivity index (χ2n) is 6.49. The summed E-state index contributed by atoms with van der Waals surface area (Å²) in [6.07, 6.45) is 0.182. The highest BCUT2D eigenvalue weighted by molar-refractivity contribution is 6.22. The van der Waals surface area contributed by atoms with Crippen LogP contribution < -0.4 is 15.4 Å². The van der Waals surface area contributed by atoms with Gasteiger partial charge in [0.05, 0.1) is 31.3 Å². The van der Waals surface area contributed by atoms with E-state index in [2.05, 4.69) is 0 Å². The lowest BCUT2D eigenvalue weighted by molar-refractivity contribution is -0.124. The summed E-state index contributed by atoms with van der Waals surface area (Å²) >= 11 is 0. The molecule has 1 aromatic carbocycles. The van der Waals surface area contributed by atoms with Crippen molar-refractivity contribution in [2.75, 3.05) is 44.2 Å². The number of hydrogen-bond acceptors (Lipinski definition) is 6. The van der Waals surface area contributed by atoms with E-state index in [1.165, 1.54) is 4.90 Å². The molecule has 0 saturated carbocycles. The molecule has 3 amide bonds. The maximum Gasteiger partial charge on any atom is 0.251 e.